The normalized spacial score (nSPS) is 36.2. The maximum atomic E-state index is 12.0. The summed E-state index contributed by atoms with van der Waals surface area (Å²) in [4.78, 5) is 23.3. The molecule has 7 heteroatoms. The topological polar surface area (TPSA) is 96.2 Å². The highest BCUT2D eigenvalue weighted by atomic mass is 32.2. The van der Waals surface area contributed by atoms with E-state index in [9.17, 15) is 9.59 Å². The predicted octanol–water partition coefficient (Wildman–Crippen LogP) is 1.10. The van der Waals surface area contributed by atoms with Crippen LogP contribution in [0.1, 0.15) is 51.4 Å². The van der Waals surface area contributed by atoms with Crippen molar-refractivity contribution in [1.29, 1.82) is 0 Å². The number of rotatable bonds is 6. The van der Waals surface area contributed by atoms with E-state index in [-0.39, 0.29) is 18.0 Å². The summed E-state index contributed by atoms with van der Waals surface area (Å²) < 4.78 is 0. The lowest BCUT2D eigenvalue weighted by atomic mass is 9.92. The van der Waals surface area contributed by atoms with E-state index in [1.54, 1.807) is 0 Å². The van der Waals surface area contributed by atoms with Crippen molar-refractivity contribution in [2.45, 2.75) is 80.8 Å². The first-order valence-electron chi connectivity index (χ1n) is 8.85. The number of thioether (sulfide) groups is 1. The minimum absolute atomic E-state index is 0.0307. The van der Waals surface area contributed by atoms with E-state index in [1.807, 2.05) is 11.8 Å². The lowest BCUT2D eigenvalue weighted by Gasteiger charge is -2.26. The molecular formula is C16H28N4O2S. The fourth-order valence-corrected chi connectivity index (χ4v) is 5.38. The Morgan fingerprint density at radius 2 is 2.00 bits per heavy atom. The molecule has 2 heterocycles. The van der Waals surface area contributed by atoms with Crippen LogP contribution in [-0.2, 0) is 4.79 Å². The lowest BCUT2D eigenvalue weighted by molar-refractivity contribution is -0.122. The van der Waals surface area contributed by atoms with Gasteiger partial charge in [0.05, 0.1) is 12.1 Å². The molecule has 1 aliphatic carbocycles. The largest absolute Gasteiger partial charge is 0.353 e. The second-order valence-corrected chi connectivity index (χ2v) is 8.32. The average Bonchev–Trinajstić information content (AvgIpc) is 3.06. The molecule has 2 saturated heterocycles. The molecule has 3 atom stereocenters. The Morgan fingerprint density at radius 1 is 1.22 bits per heavy atom. The van der Waals surface area contributed by atoms with Gasteiger partial charge in [0.1, 0.15) is 0 Å². The zero-order valence-electron chi connectivity index (χ0n) is 13.6. The number of unbranched alkanes of at least 4 members (excludes halogenated alkanes) is 1. The van der Waals surface area contributed by atoms with Crippen LogP contribution in [0.5, 0.6) is 0 Å². The SMILES string of the molecule is NC1CCC(NC(=O)CCCC[C@@H]2SC[C@@H]3NC(=O)N[C@@H]32)CC1. The van der Waals surface area contributed by atoms with Crippen LogP contribution in [0.4, 0.5) is 4.79 Å². The standard InChI is InChI=1S/C16H28N4O2S/c17-10-5-7-11(8-6-10)18-14(21)4-2-1-3-13-15-12(9-23-13)19-16(22)20-15/h10-13,15H,1-9,17H2,(H,18,21)(H2,19,20,22)/t10?,11?,12-,13-,15-/m0/s1. The predicted molar refractivity (Wildman–Crippen MR) is 92.3 cm³/mol. The zero-order chi connectivity index (χ0) is 16.2. The molecule has 23 heavy (non-hydrogen) atoms. The zero-order valence-corrected chi connectivity index (χ0v) is 14.4. The van der Waals surface area contributed by atoms with Crippen LogP contribution in [0.3, 0.4) is 0 Å². The van der Waals surface area contributed by atoms with Gasteiger partial charge in [-0.05, 0) is 38.5 Å². The molecule has 2 aliphatic heterocycles. The summed E-state index contributed by atoms with van der Waals surface area (Å²) >= 11 is 1.93. The second kappa shape index (κ2) is 7.75. The van der Waals surface area contributed by atoms with Crippen LogP contribution in [0.2, 0.25) is 0 Å². The van der Waals surface area contributed by atoms with Gasteiger partial charge in [-0.3, -0.25) is 4.79 Å². The third-order valence-corrected chi connectivity index (χ3v) is 6.73. The number of carbonyl (C=O) groups excluding carboxylic acids is 2. The van der Waals surface area contributed by atoms with E-state index in [1.165, 1.54) is 0 Å². The van der Waals surface area contributed by atoms with Crippen LogP contribution in [0.15, 0.2) is 0 Å². The van der Waals surface area contributed by atoms with Gasteiger partial charge in [0.2, 0.25) is 5.91 Å². The molecule has 5 N–H and O–H groups in total. The first-order chi connectivity index (χ1) is 11.1. The molecule has 0 bridgehead atoms. The van der Waals surface area contributed by atoms with E-state index in [0.717, 1.165) is 50.7 Å². The Hall–Kier alpha value is -0.950. The molecule has 3 rings (SSSR count). The van der Waals surface area contributed by atoms with E-state index >= 15 is 0 Å². The highest BCUT2D eigenvalue weighted by molar-refractivity contribution is 8.00. The van der Waals surface area contributed by atoms with Gasteiger partial charge in [0.25, 0.3) is 0 Å². The number of nitrogens with one attached hydrogen (secondary N) is 3. The number of nitrogens with two attached hydrogens (primary N) is 1. The smallest absolute Gasteiger partial charge is 0.315 e. The van der Waals surface area contributed by atoms with Gasteiger partial charge in [0.15, 0.2) is 0 Å². The third-order valence-electron chi connectivity index (χ3n) is 5.22. The van der Waals surface area contributed by atoms with Crippen LogP contribution in [0, 0.1) is 0 Å². The first-order valence-corrected chi connectivity index (χ1v) is 9.90. The second-order valence-electron chi connectivity index (χ2n) is 7.05. The summed E-state index contributed by atoms with van der Waals surface area (Å²) in [5.41, 5.74) is 5.89. The lowest BCUT2D eigenvalue weighted by Crippen LogP contribution is -2.40. The molecule has 0 spiro atoms. The van der Waals surface area contributed by atoms with Gasteiger partial charge in [-0.2, -0.15) is 11.8 Å². The molecule has 6 nitrogen and oxygen atoms in total. The van der Waals surface area contributed by atoms with Gasteiger partial charge >= 0.3 is 6.03 Å². The van der Waals surface area contributed by atoms with Crippen molar-refractivity contribution in [3.05, 3.63) is 0 Å². The van der Waals surface area contributed by atoms with Crippen molar-refractivity contribution >= 4 is 23.7 Å². The van der Waals surface area contributed by atoms with Crippen LogP contribution in [0.25, 0.3) is 0 Å². The van der Waals surface area contributed by atoms with Crippen molar-refractivity contribution in [1.82, 2.24) is 16.0 Å². The van der Waals surface area contributed by atoms with Gasteiger partial charge in [-0.25, -0.2) is 4.79 Å². The summed E-state index contributed by atoms with van der Waals surface area (Å²) in [6, 6.07) is 1.18. The number of hydrogen-bond acceptors (Lipinski definition) is 4. The molecule has 1 saturated carbocycles. The average molecular weight is 340 g/mol. The number of carbonyl (C=O) groups is 2. The Balaban J connectivity index is 1.28. The fraction of sp³-hybridized carbons (Fsp3) is 0.875. The fourth-order valence-electron chi connectivity index (χ4n) is 3.84. The molecule has 0 aromatic rings. The highest BCUT2D eigenvalue weighted by Crippen LogP contribution is 2.33. The monoisotopic (exact) mass is 340 g/mol. The number of urea groups is 1. The Kier molecular flexibility index (Phi) is 5.69. The molecular weight excluding hydrogens is 312 g/mol. The van der Waals surface area contributed by atoms with Crippen molar-refractivity contribution in [2.75, 3.05) is 5.75 Å². The molecule has 3 amide bonds. The van der Waals surface area contributed by atoms with Crippen LogP contribution in [-0.4, -0.2) is 47.1 Å². The van der Waals surface area contributed by atoms with Gasteiger partial charge in [-0.1, -0.05) is 6.42 Å². The Bertz CT molecular complexity index is 440. The van der Waals surface area contributed by atoms with E-state index in [2.05, 4.69) is 16.0 Å². The Morgan fingerprint density at radius 3 is 2.78 bits per heavy atom. The van der Waals surface area contributed by atoms with E-state index in [0.29, 0.717) is 29.8 Å². The number of fused-ring (bicyclic) bond motifs is 1. The number of hydrogen-bond donors (Lipinski definition) is 4. The van der Waals surface area contributed by atoms with Crippen molar-refractivity contribution in [2.24, 2.45) is 5.73 Å². The molecule has 0 unspecified atom stereocenters. The minimum atomic E-state index is -0.0307. The third kappa shape index (κ3) is 4.53. The summed E-state index contributed by atoms with van der Waals surface area (Å²) in [5, 5.41) is 9.60. The maximum Gasteiger partial charge on any atom is 0.315 e. The number of amides is 3. The van der Waals surface area contributed by atoms with Crippen molar-refractivity contribution < 1.29 is 9.59 Å². The summed E-state index contributed by atoms with van der Waals surface area (Å²) in [6.45, 7) is 0. The van der Waals surface area contributed by atoms with E-state index < -0.39 is 0 Å². The first kappa shape index (κ1) is 16.9. The van der Waals surface area contributed by atoms with Gasteiger partial charge in [-0.15, -0.1) is 0 Å². The minimum Gasteiger partial charge on any atom is -0.353 e. The molecule has 3 fully saturated rings. The van der Waals surface area contributed by atoms with E-state index in [4.69, 9.17) is 5.73 Å². The maximum absolute atomic E-state index is 12.0. The van der Waals surface area contributed by atoms with Crippen molar-refractivity contribution in [3.8, 4) is 0 Å². The van der Waals surface area contributed by atoms with Gasteiger partial charge < -0.3 is 21.7 Å². The summed E-state index contributed by atoms with van der Waals surface area (Å²) in [6.07, 6.45) is 7.71. The molecule has 0 radical (unpaired) electrons. The summed E-state index contributed by atoms with van der Waals surface area (Å²) in [7, 11) is 0. The van der Waals surface area contributed by atoms with Crippen LogP contribution < -0.4 is 21.7 Å². The van der Waals surface area contributed by atoms with Gasteiger partial charge in [0, 0.05) is 29.5 Å². The molecule has 3 aliphatic rings. The highest BCUT2D eigenvalue weighted by Gasteiger charge is 2.42. The van der Waals surface area contributed by atoms with Crippen molar-refractivity contribution in [3.63, 3.8) is 0 Å². The Labute approximate surface area is 142 Å². The summed E-state index contributed by atoms with van der Waals surface area (Å²) in [5.74, 6) is 1.18. The molecule has 0 aromatic heterocycles. The quantitative estimate of drug-likeness (QED) is 0.430. The molecule has 130 valence electrons. The van der Waals surface area contributed by atoms with Crippen LogP contribution >= 0.6 is 11.8 Å². The molecule has 0 aromatic carbocycles.